The van der Waals surface area contributed by atoms with Crippen molar-refractivity contribution in [2.24, 2.45) is 0 Å². The first-order valence-corrected chi connectivity index (χ1v) is 5.48. The van der Waals surface area contributed by atoms with Gasteiger partial charge in [0.15, 0.2) is 5.78 Å². The van der Waals surface area contributed by atoms with E-state index in [2.05, 4.69) is 31.9 Å². The summed E-state index contributed by atoms with van der Waals surface area (Å²) in [6.07, 6.45) is 0.644. The van der Waals surface area contributed by atoms with Crippen LogP contribution < -0.4 is 4.90 Å². The quantitative estimate of drug-likeness (QED) is 0.699. The molecule has 0 fully saturated rings. The zero-order valence-electron chi connectivity index (χ0n) is 9.58. The van der Waals surface area contributed by atoms with Crippen LogP contribution in [0.1, 0.15) is 42.1 Å². The lowest BCUT2D eigenvalue weighted by Crippen LogP contribution is -2.29. The second-order valence-electron chi connectivity index (χ2n) is 4.49. The molecule has 1 aliphatic rings. The molecule has 2 heteroatoms. The maximum Gasteiger partial charge on any atom is 0.166 e. The third-order valence-corrected chi connectivity index (χ3v) is 3.05. The van der Waals surface area contributed by atoms with E-state index >= 15 is 0 Å². The van der Waals surface area contributed by atoms with Gasteiger partial charge in [0.1, 0.15) is 0 Å². The smallest absolute Gasteiger partial charge is 0.166 e. The Morgan fingerprint density at radius 1 is 1.33 bits per heavy atom. The molecule has 0 bridgehead atoms. The molecule has 15 heavy (non-hydrogen) atoms. The summed E-state index contributed by atoms with van der Waals surface area (Å²) < 4.78 is 0. The van der Waals surface area contributed by atoms with Crippen LogP contribution in [0.5, 0.6) is 0 Å². The van der Waals surface area contributed by atoms with Crippen LogP contribution in [-0.2, 0) is 0 Å². The molecule has 0 saturated heterocycles. The monoisotopic (exact) mass is 203 g/mol. The molecule has 0 saturated carbocycles. The van der Waals surface area contributed by atoms with Crippen molar-refractivity contribution in [3.8, 4) is 0 Å². The number of nitrogens with zero attached hydrogens (tertiary/aromatic N) is 1. The molecule has 0 aromatic heterocycles. The predicted molar refractivity (Wildman–Crippen MR) is 62.7 cm³/mol. The minimum Gasteiger partial charge on any atom is -0.373 e. The Hall–Kier alpha value is -1.31. The number of Topliss-reactive ketones (excluding diaryl/α,β-unsaturated/α-hetero) is 1. The SMILES string of the molecule is CC(C)c1cccc2c1N(C)CCC2=O. The Morgan fingerprint density at radius 2 is 2.07 bits per heavy atom. The Labute approximate surface area is 90.9 Å². The minimum atomic E-state index is 0.283. The van der Waals surface area contributed by atoms with E-state index in [0.29, 0.717) is 12.3 Å². The molecule has 2 nitrogen and oxygen atoms in total. The Kier molecular flexibility index (Phi) is 2.51. The molecule has 0 N–H and O–H groups in total. The van der Waals surface area contributed by atoms with Gasteiger partial charge in [0, 0.05) is 25.6 Å². The number of ketones is 1. The van der Waals surface area contributed by atoms with Gasteiger partial charge in [-0.25, -0.2) is 0 Å². The van der Waals surface area contributed by atoms with Gasteiger partial charge >= 0.3 is 0 Å². The van der Waals surface area contributed by atoms with Crippen LogP contribution in [0.4, 0.5) is 5.69 Å². The van der Waals surface area contributed by atoms with E-state index in [0.717, 1.165) is 17.8 Å². The minimum absolute atomic E-state index is 0.283. The van der Waals surface area contributed by atoms with Gasteiger partial charge in [0.05, 0.1) is 5.69 Å². The van der Waals surface area contributed by atoms with Crippen molar-refractivity contribution in [2.75, 3.05) is 18.5 Å². The van der Waals surface area contributed by atoms with E-state index in [-0.39, 0.29) is 5.78 Å². The zero-order chi connectivity index (χ0) is 11.0. The summed E-state index contributed by atoms with van der Waals surface area (Å²) in [5.41, 5.74) is 3.32. The van der Waals surface area contributed by atoms with Crippen molar-refractivity contribution in [1.82, 2.24) is 0 Å². The average molecular weight is 203 g/mol. The van der Waals surface area contributed by atoms with Crippen molar-refractivity contribution in [1.29, 1.82) is 0 Å². The molecule has 0 unspecified atom stereocenters. The molecule has 80 valence electrons. The van der Waals surface area contributed by atoms with Gasteiger partial charge in [-0.15, -0.1) is 0 Å². The van der Waals surface area contributed by atoms with Crippen LogP contribution in [0.3, 0.4) is 0 Å². The highest BCUT2D eigenvalue weighted by Gasteiger charge is 2.23. The van der Waals surface area contributed by atoms with Gasteiger partial charge in [0.2, 0.25) is 0 Å². The number of anilines is 1. The van der Waals surface area contributed by atoms with E-state index in [9.17, 15) is 4.79 Å². The number of hydrogen-bond acceptors (Lipinski definition) is 2. The number of hydrogen-bond donors (Lipinski definition) is 0. The third kappa shape index (κ3) is 1.65. The van der Waals surface area contributed by atoms with Crippen molar-refractivity contribution >= 4 is 11.5 Å². The molecular formula is C13H17NO. The number of carbonyl (C=O) groups excluding carboxylic acids is 1. The van der Waals surface area contributed by atoms with Crippen LogP contribution in [0.25, 0.3) is 0 Å². The predicted octanol–water partition coefficient (Wildman–Crippen LogP) is 2.83. The number of fused-ring (bicyclic) bond motifs is 1. The van der Waals surface area contributed by atoms with Crippen LogP contribution in [0.2, 0.25) is 0 Å². The zero-order valence-corrected chi connectivity index (χ0v) is 9.58. The highest BCUT2D eigenvalue weighted by molar-refractivity contribution is 6.04. The maximum absolute atomic E-state index is 11.8. The number of rotatable bonds is 1. The number of para-hydroxylation sites is 1. The molecule has 1 aliphatic heterocycles. The highest BCUT2D eigenvalue weighted by atomic mass is 16.1. The van der Waals surface area contributed by atoms with Crippen LogP contribution in [0.15, 0.2) is 18.2 Å². The van der Waals surface area contributed by atoms with E-state index in [1.165, 1.54) is 5.56 Å². The topological polar surface area (TPSA) is 20.3 Å². The van der Waals surface area contributed by atoms with Crippen LogP contribution >= 0.6 is 0 Å². The summed E-state index contributed by atoms with van der Waals surface area (Å²) in [6, 6.07) is 6.06. The van der Waals surface area contributed by atoms with Crippen LogP contribution in [0, 0.1) is 0 Å². The van der Waals surface area contributed by atoms with E-state index in [1.54, 1.807) is 0 Å². The number of benzene rings is 1. The van der Waals surface area contributed by atoms with Gasteiger partial charge in [-0.3, -0.25) is 4.79 Å². The summed E-state index contributed by atoms with van der Waals surface area (Å²) in [4.78, 5) is 14.0. The molecule has 2 rings (SSSR count). The van der Waals surface area contributed by atoms with Gasteiger partial charge in [-0.2, -0.15) is 0 Å². The molecule has 0 spiro atoms. The summed E-state index contributed by atoms with van der Waals surface area (Å²) in [7, 11) is 2.07. The summed E-state index contributed by atoms with van der Waals surface area (Å²) in [6.45, 7) is 5.18. The standard InChI is InChI=1S/C13H17NO/c1-9(2)10-5-4-6-11-12(15)7-8-14(3)13(10)11/h4-6,9H,7-8H2,1-3H3. The first-order chi connectivity index (χ1) is 7.11. The lowest BCUT2D eigenvalue weighted by Gasteiger charge is -2.30. The van der Waals surface area contributed by atoms with Crippen molar-refractivity contribution in [3.63, 3.8) is 0 Å². The van der Waals surface area contributed by atoms with Crippen LogP contribution in [-0.4, -0.2) is 19.4 Å². The summed E-state index contributed by atoms with van der Waals surface area (Å²) in [5, 5.41) is 0. The molecule has 0 atom stereocenters. The fraction of sp³-hybridized carbons (Fsp3) is 0.462. The Bertz CT molecular complexity index is 396. The molecule has 1 aromatic carbocycles. The molecule has 0 aliphatic carbocycles. The molecule has 1 heterocycles. The lowest BCUT2D eigenvalue weighted by atomic mass is 9.92. The fourth-order valence-electron chi connectivity index (χ4n) is 2.19. The maximum atomic E-state index is 11.8. The average Bonchev–Trinajstić information content (AvgIpc) is 2.23. The van der Waals surface area contributed by atoms with Crippen molar-refractivity contribution in [2.45, 2.75) is 26.2 Å². The van der Waals surface area contributed by atoms with E-state index in [1.807, 2.05) is 12.1 Å². The molecule has 0 amide bonds. The molecular weight excluding hydrogens is 186 g/mol. The molecule has 1 aromatic rings. The second kappa shape index (κ2) is 3.69. The molecule has 0 radical (unpaired) electrons. The summed E-state index contributed by atoms with van der Waals surface area (Å²) >= 11 is 0. The number of carbonyl (C=O) groups is 1. The van der Waals surface area contributed by atoms with Gasteiger partial charge in [0.25, 0.3) is 0 Å². The first-order valence-electron chi connectivity index (χ1n) is 5.48. The summed E-state index contributed by atoms with van der Waals surface area (Å²) in [5.74, 6) is 0.749. The van der Waals surface area contributed by atoms with E-state index < -0.39 is 0 Å². The third-order valence-electron chi connectivity index (χ3n) is 3.05. The lowest BCUT2D eigenvalue weighted by molar-refractivity contribution is 0.0980. The largest absolute Gasteiger partial charge is 0.373 e. The Morgan fingerprint density at radius 3 is 2.73 bits per heavy atom. The Balaban J connectivity index is 2.61. The highest BCUT2D eigenvalue weighted by Crippen LogP contribution is 2.33. The fourth-order valence-corrected chi connectivity index (χ4v) is 2.19. The van der Waals surface area contributed by atoms with Gasteiger partial charge in [-0.05, 0) is 17.5 Å². The van der Waals surface area contributed by atoms with E-state index in [4.69, 9.17) is 0 Å². The van der Waals surface area contributed by atoms with Crippen molar-refractivity contribution in [3.05, 3.63) is 29.3 Å². The van der Waals surface area contributed by atoms with Gasteiger partial charge < -0.3 is 4.90 Å². The van der Waals surface area contributed by atoms with Gasteiger partial charge in [-0.1, -0.05) is 26.0 Å². The normalized spacial score (nSPS) is 15.7. The first kappa shape index (κ1) is 10.2. The van der Waals surface area contributed by atoms with Crippen molar-refractivity contribution < 1.29 is 4.79 Å². The second-order valence-corrected chi connectivity index (χ2v) is 4.49.